The van der Waals surface area contributed by atoms with E-state index in [1.807, 2.05) is 0 Å². The molecule has 0 heterocycles. The minimum atomic E-state index is 0.306. The molecule has 0 aromatic heterocycles. The fourth-order valence-corrected chi connectivity index (χ4v) is 2.23. The Bertz CT molecular complexity index is 160. The highest BCUT2D eigenvalue weighted by Gasteiger charge is 2.42. The van der Waals surface area contributed by atoms with Gasteiger partial charge in [-0.1, -0.05) is 27.7 Å². The van der Waals surface area contributed by atoms with Gasteiger partial charge in [0.2, 0.25) is 0 Å². The second kappa shape index (κ2) is 2.62. The standard InChI is InChI=1S/C10H18O/c1-7-8(2)10(3,4)5-9(7)6-11/h6-9H,5H2,1-4H3/t7-,8+,9-/m0/s1. The maximum Gasteiger partial charge on any atom is 0.123 e. The molecule has 0 bridgehead atoms. The third-order valence-electron chi connectivity index (χ3n) is 3.63. The van der Waals surface area contributed by atoms with Gasteiger partial charge in [0.25, 0.3) is 0 Å². The lowest BCUT2D eigenvalue weighted by Crippen LogP contribution is -2.17. The number of carbonyl (C=O) groups excluding carboxylic acids is 1. The number of carbonyl (C=O) groups is 1. The number of hydrogen-bond acceptors (Lipinski definition) is 1. The van der Waals surface area contributed by atoms with Crippen LogP contribution in [0.1, 0.15) is 34.1 Å². The monoisotopic (exact) mass is 154 g/mol. The summed E-state index contributed by atoms with van der Waals surface area (Å²) in [7, 11) is 0. The highest BCUT2D eigenvalue weighted by Crippen LogP contribution is 2.48. The predicted molar refractivity (Wildman–Crippen MR) is 46.3 cm³/mol. The highest BCUT2D eigenvalue weighted by molar-refractivity contribution is 5.55. The van der Waals surface area contributed by atoms with Gasteiger partial charge in [-0.05, 0) is 23.7 Å². The lowest BCUT2D eigenvalue weighted by molar-refractivity contribution is -0.112. The maximum atomic E-state index is 10.7. The van der Waals surface area contributed by atoms with Crippen molar-refractivity contribution in [3.8, 4) is 0 Å². The van der Waals surface area contributed by atoms with Crippen LogP contribution in [0.5, 0.6) is 0 Å². The molecular weight excluding hydrogens is 136 g/mol. The molecule has 1 saturated carbocycles. The van der Waals surface area contributed by atoms with E-state index in [9.17, 15) is 4.79 Å². The summed E-state index contributed by atoms with van der Waals surface area (Å²) in [5.41, 5.74) is 0.366. The molecule has 0 aromatic carbocycles. The van der Waals surface area contributed by atoms with Gasteiger partial charge >= 0.3 is 0 Å². The Balaban J connectivity index is 2.76. The Kier molecular flexibility index (Phi) is 2.08. The largest absolute Gasteiger partial charge is 0.303 e. The molecule has 64 valence electrons. The molecule has 0 aromatic rings. The summed E-state index contributed by atoms with van der Waals surface area (Å²) in [6.07, 6.45) is 2.20. The second-order valence-electron chi connectivity index (χ2n) is 4.64. The Morgan fingerprint density at radius 2 is 1.91 bits per heavy atom. The van der Waals surface area contributed by atoms with Crippen LogP contribution in [0.3, 0.4) is 0 Å². The first-order valence-electron chi connectivity index (χ1n) is 4.44. The number of hydrogen-bond donors (Lipinski definition) is 0. The van der Waals surface area contributed by atoms with Gasteiger partial charge in [-0.2, -0.15) is 0 Å². The fraction of sp³-hybridized carbons (Fsp3) is 0.900. The average Bonchev–Trinajstić information content (AvgIpc) is 2.13. The Labute approximate surface area is 69.2 Å². The first-order chi connectivity index (χ1) is 4.99. The van der Waals surface area contributed by atoms with E-state index in [2.05, 4.69) is 27.7 Å². The Morgan fingerprint density at radius 1 is 1.36 bits per heavy atom. The molecule has 11 heavy (non-hydrogen) atoms. The molecule has 1 aliphatic carbocycles. The van der Waals surface area contributed by atoms with Crippen molar-refractivity contribution in [1.29, 1.82) is 0 Å². The first kappa shape index (κ1) is 8.76. The fourth-order valence-electron chi connectivity index (χ4n) is 2.23. The van der Waals surface area contributed by atoms with E-state index in [0.29, 0.717) is 23.2 Å². The van der Waals surface area contributed by atoms with Crippen LogP contribution >= 0.6 is 0 Å². The quantitative estimate of drug-likeness (QED) is 0.530. The van der Waals surface area contributed by atoms with E-state index in [1.165, 1.54) is 0 Å². The predicted octanol–water partition coefficient (Wildman–Crippen LogP) is 2.50. The van der Waals surface area contributed by atoms with Gasteiger partial charge in [0.05, 0.1) is 0 Å². The molecule has 1 aliphatic rings. The van der Waals surface area contributed by atoms with Gasteiger partial charge in [0.15, 0.2) is 0 Å². The molecule has 1 rings (SSSR count). The zero-order valence-corrected chi connectivity index (χ0v) is 7.92. The summed E-state index contributed by atoms with van der Waals surface area (Å²) >= 11 is 0. The van der Waals surface area contributed by atoms with Crippen molar-refractivity contribution in [1.82, 2.24) is 0 Å². The van der Waals surface area contributed by atoms with Crippen LogP contribution in [0, 0.1) is 23.2 Å². The summed E-state index contributed by atoms with van der Waals surface area (Å²) in [6.45, 7) is 8.97. The van der Waals surface area contributed by atoms with Gasteiger partial charge < -0.3 is 4.79 Å². The zero-order chi connectivity index (χ0) is 8.65. The maximum absolute atomic E-state index is 10.7. The van der Waals surface area contributed by atoms with E-state index in [-0.39, 0.29) is 0 Å². The van der Waals surface area contributed by atoms with Crippen molar-refractivity contribution in [2.24, 2.45) is 23.2 Å². The molecule has 0 spiro atoms. The van der Waals surface area contributed by atoms with Crippen molar-refractivity contribution in [3.05, 3.63) is 0 Å². The molecule has 0 saturated heterocycles. The van der Waals surface area contributed by atoms with E-state index < -0.39 is 0 Å². The summed E-state index contributed by atoms with van der Waals surface area (Å²) in [6, 6.07) is 0. The van der Waals surface area contributed by atoms with Gasteiger partial charge in [-0.15, -0.1) is 0 Å². The van der Waals surface area contributed by atoms with Gasteiger partial charge in [-0.3, -0.25) is 0 Å². The van der Waals surface area contributed by atoms with Crippen molar-refractivity contribution in [3.63, 3.8) is 0 Å². The van der Waals surface area contributed by atoms with Crippen LogP contribution in [0.2, 0.25) is 0 Å². The van der Waals surface area contributed by atoms with Gasteiger partial charge in [0.1, 0.15) is 6.29 Å². The van der Waals surface area contributed by atoms with Crippen molar-refractivity contribution in [2.75, 3.05) is 0 Å². The average molecular weight is 154 g/mol. The van der Waals surface area contributed by atoms with E-state index in [4.69, 9.17) is 0 Å². The number of rotatable bonds is 1. The molecule has 1 nitrogen and oxygen atoms in total. The van der Waals surface area contributed by atoms with E-state index in [0.717, 1.165) is 12.7 Å². The molecule has 0 aliphatic heterocycles. The lowest BCUT2D eigenvalue weighted by Gasteiger charge is -2.24. The second-order valence-corrected chi connectivity index (χ2v) is 4.64. The van der Waals surface area contributed by atoms with Crippen LogP contribution in [-0.4, -0.2) is 6.29 Å². The molecular formula is C10H18O. The third kappa shape index (κ3) is 1.33. The molecule has 0 N–H and O–H groups in total. The van der Waals surface area contributed by atoms with Crippen molar-refractivity contribution >= 4 is 6.29 Å². The molecule has 3 atom stereocenters. The molecule has 1 fully saturated rings. The molecule has 1 heteroatoms. The molecule has 0 radical (unpaired) electrons. The van der Waals surface area contributed by atoms with E-state index >= 15 is 0 Å². The van der Waals surface area contributed by atoms with Crippen LogP contribution < -0.4 is 0 Å². The van der Waals surface area contributed by atoms with Gasteiger partial charge in [0, 0.05) is 5.92 Å². The van der Waals surface area contributed by atoms with Crippen LogP contribution in [-0.2, 0) is 4.79 Å². The zero-order valence-electron chi connectivity index (χ0n) is 7.92. The third-order valence-corrected chi connectivity index (χ3v) is 3.63. The van der Waals surface area contributed by atoms with E-state index in [1.54, 1.807) is 0 Å². The normalized spacial score (nSPS) is 42.4. The van der Waals surface area contributed by atoms with Gasteiger partial charge in [-0.25, -0.2) is 0 Å². The molecule has 0 unspecified atom stereocenters. The van der Waals surface area contributed by atoms with Crippen LogP contribution in [0.15, 0.2) is 0 Å². The minimum Gasteiger partial charge on any atom is -0.303 e. The summed E-state index contributed by atoms with van der Waals surface area (Å²) < 4.78 is 0. The minimum absolute atomic E-state index is 0.306. The highest BCUT2D eigenvalue weighted by atomic mass is 16.1. The summed E-state index contributed by atoms with van der Waals surface area (Å²) in [5, 5.41) is 0. The summed E-state index contributed by atoms with van der Waals surface area (Å²) in [4.78, 5) is 10.7. The topological polar surface area (TPSA) is 17.1 Å². The van der Waals surface area contributed by atoms with Crippen LogP contribution in [0.4, 0.5) is 0 Å². The SMILES string of the molecule is C[C@@H]1[C@H](C=O)CC(C)(C)[C@@H]1C. The first-order valence-corrected chi connectivity index (χ1v) is 4.44. The smallest absolute Gasteiger partial charge is 0.123 e. The lowest BCUT2D eigenvalue weighted by atomic mass is 9.81. The van der Waals surface area contributed by atoms with Crippen LogP contribution in [0.25, 0.3) is 0 Å². The van der Waals surface area contributed by atoms with Crippen molar-refractivity contribution in [2.45, 2.75) is 34.1 Å². The molecule has 0 amide bonds. The number of aldehydes is 1. The Morgan fingerprint density at radius 3 is 2.09 bits per heavy atom. The summed E-state index contributed by atoms with van der Waals surface area (Å²) in [5.74, 6) is 1.56. The Hall–Kier alpha value is -0.330. The van der Waals surface area contributed by atoms with Crippen molar-refractivity contribution < 1.29 is 4.79 Å².